The minimum atomic E-state index is -0.0954. The number of benzene rings is 2. The topological polar surface area (TPSA) is 30.5 Å². The molecule has 122 valence electrons. The molecule has 1 N–H and O–H groups in total. The molecule has 0 bridgehead atoms. The smallest absolute Gasteiger partial charge is 0.151 e. The van der Waals surface area contributed by atoms with E-state index in [1.165, 1.54) is 5.56 Å². The third-order valence-electron chi connectivity index (χ3n) is 4.17. The van der Waals surface area contributed by atoms with Crippen LogP contribution in [0.25, 0.3) is 0 Å². The lowest BCUT2D eigenvalue weighted by Gasteiger charge is -2.32. The lowest BCUT2D eigenvalue weighted by Crippen LogP contribution is -2.43. The summed E-state index contributed by atoms with van der Waals surface area (Å²) in [5.41, 5.74) is 2.42. The first-order valence-corrected chi connectivity index (χ1v) is 8.50. The van der Waals surface area contributed by atoms with Crippen molar-refractivity contribution >= 4 is 0 Å². The minimum absolute atomic E-state index is 0.0285. The van der Waals surface area contributed by atoms with Crippen molar-refractivity contribution < 1.29 is 9.47 Å². The number of hydrogen-bond acceptors (Lipinski definition) is 3. The van der Waals surface area contributed by atoms with E-state index in [9.17, 15) is 0 Å². The molecule has 1 aliphatic heterocycles. The Morgan fingerprint density at radius 2 is 1.91 bits per heavy atom. The van der Waals surface area contributed by atoms with Crippen molar-refractivity contribution in [2.45, 2.75) is 32.0 Å². The number of aryl methyl sites for hydroxylation is 1. The maximum absolute atomic E-state index is 6.46. The van der Waals surface area contributed by atoms with Crippen LogP contribution in [0, 0.1) is 0 Å². The number of ether oxygens (including phenoxy) is 2. The highest BCUT2D eigenvalue weighted by molar-refractivity contribution is 5.34. The normalized spacial score (nSPS) is 19.3. The predicted octanol–water partition coefficient (Wildman–Crippen LogP) is 3.75. The summed E-state index contributed by atoms with van der Waals surface area (Å²) in [6.45, 7) is 4.65. The van der Waals surface area contributed by atoms with Gasteiger partial charge in [-0.3, -0.25) is 0 Å². The van der Waals surface area contributed by atoms with Gasteiger partial charge in [0.1, 0.15) is 11.9 Å². The summed E-state index contributed by atoms with van der Waals surface area (Å²) in [7, 11) is 0. The molecule has 3 rings (SSSR count). The molecule has 0 spiro atoms. The molecular weight excluding hydrogens is 286 g/mol. The average Bonchev–Trinajstić information content (AvgIpc) is 2.63. The van der Waals surface area contributed by atoms with Gasteiger partial charge in [0.25, 0.3) is 0 Å². The van der Waals surface area contributed by atoms with Crippen LogP contribution in [0.2, 0.25) is 0 Å². The van der Waals surface area contributed by atoms with Gasteiger partial charge in [-0.1, -0.05) is 61.9 Å². The van der Waals surface area contributed by atoms with Crippen LogP contribution in [0.3, 0.4) is 0 Å². The van der Waals surface area contributed by atoms with Gasteiger partial charge in [-0.15, -0.1) is 0 Å². The Labute approximate surface area is 138 Å². The Kier molecular flexibility index (Phi) is 5.67. The Balaban J connectivity index is 1.86. The first-order valence-electron chi connectivity index (χ1n) is 8.50. The largest absolute Gasteiger partial charge is 0.483 e. The summed E-state index contributed by atoms with van der Waals surface area (Å²) in [5, 5.41) is 3.41. The fourth-order valence-corrected chi connectivity index (χ4v) is 3.01. The molecule has 2 aromatic carbocycles. The molecule has 1 saturated heterocycles. The molecule has 1 fully saturated rings. The average molecular weight is 311 g/mol. The highest BCUT2D eigenvalue weighted by Crippen LogP contribution is 2.30. The first kappa shape index (κ1) is 16.0. The Bertz CT molecular complexity index is 594. The molecule has 1 unspecified atom stereocenters. The molecule has 0 aromatic heterocycles. The van der Waals surface area contributed by atoms with Crippen LogP contribution in [0.1, 0.15) is 30.6 Å². The molecule has 1 aliphatic rings. The van der Waals surface area contributed by atoms with Gasteiger partial charge < -0.3 is 14.8 Å². The summed E-state index contributed by atoms with van der Waals surface area (Å²) in [4.78, 5) is 0. The van der Waals surface area contributed by atoms with Crippen molar-refractivity contribution in [2.75, 3.05) is 19.7 Å². The van der Waals surface area contributed by atoms with Crippen LogP contribution >= 0.6 is 0 Å². The molecule has 3 heteroatoms. The van der Waals surface area contributed by atoms with Crippen LogP contribution in [-0.4, -0.2) is 25.8 Å². The zero-order valence-electron chi connectivity index (χ0n) is 13.7. The van der Waals surface area contributed by atoms with E-state index in [0.29, 0.717) is 0 Å². The molecule has 1 heterocycles. The van der Waals surface area contributed by atoms with E-state index in [-0.39, 0.29) is 12.2 Å². The molecule has 0 saturated carbocycles. The summed E-state index contributed by atoms with van der Waals surface area (Å²) < 4.78 is 12.4. The van der Waals surface area contributed by atoms with E-state index in [1.54, 1.807) is 0 Å². The van der Waals surface area contributed by atoms with Gasteiger partial charge in [0.2, 0.25) is 0 Å². The van der Waals surface area contributed by atoms with Crippen molar-refractivity contribution in [3.05, 3.63) is 65.7 Å². The second-order valence-corrected chi connectivity index (χ2v) is 5.92. The molecule has 0 amide bonds. The van der Waals surface area contributed by atoms with Gasteiger partial charge in [-0.05, 0) is 23.6 Å². The van der Waals surface area contributed by atoms with Crippen molar-refractivity contribution in [2.24, 2.45) is 0 Å². The van der Waals surface area contributed by atoms with E-state index in [0.717, 1.165) is 43.9 Å². The second kappa shape index (κ2) is 8.14. The number of nitrogens with one attached hydrogen (secondary N) is 1. The third kappa shape index (κ3) is 4.12. The maximum Gasteiger partial charge on any atom is 0.151 e. The SMILES string of the molecule is CCCc1ccccc1OC(c1ccccc1)[C@@H]1CNCCO1. The van der Waals surface area contributed by atoms with E-state index in [2.05, 4.69) is 54.7 Å². The van der Waals surface area contributed by atoms with Crippen LogP contribution in [-0.2, 0) is 11.2 Å². The Morgan fingerprint density at radius 3 is 2.65 bits per heavy atom. The molecule has 2 aromatic rings. The monoisotopic (exact) mass is 311 g/mol. The van der Waals surface area contributed by atoms with Crippen LogP contribution in [0.4, 0.5) is 0 Å². The van der Waals surface area contributed by atoms with Crippen LogP contribution < -0.4 is 10.1 Å². The van der Waals surface area contributed by atoms with E-state index in [4.69, 9.17) is 9.47 Å². The maximum atomic E-state index is 6.46. The molecule has 3 nitrogen and oxygen atoms in total. The van der Waals surface area contributed by atoms with Gasteiger partial charge in [0.15, 0.2) is 6.10 Å². The summed E-state index contributed by atoms with van der Waals surface area (Å²) in [6.07, 6.45) is 2.07. The number of morpholine rings is 1. The zero-order chi connectivity index (χ0) is 15.9. The van der Waals surface area contributed by atoms with E-state index >= 15 is 0 Å². The van der Waals surface area contributed by atoms with Gasteiger partial charge >= 0.3 is 0 Å². The molecule has 0 radical (unpaired) electrons. The van der Waals surface area contributed by atoms with Crippen molar-refractivity contribution in [3.63, 3.8) is 0 Å². The lowest BCUT2D eigenvalue weighted by atomic mass is 10.0. The quantitative estimate of drug-likeness (QED) is 0.881. The summed E-state index contributed by atoms with van der Waals surface area (Å²) >= 11 is 0. The minimum Gasteiger partial charge on any atom is -0.483 e. The molecular formula is C20H25NO2. The fraction of sp³-hybridized carbons (Fsp3) is 0.400. The van der Waals surface area contributed by atoms with Crippen LogP contribution in [0.15, 0.2) is 54.6 Å². The standard InChI is InChI=1S/C20H25NO2/c1-2-8-16-9-6-7-12-18(16)23-20(17-10-4-3-5-11-17)19-15-21-13-14-22-19/h3-7,9-12,19-21H,2,8,13-15H2,1H3/t19-,20?/m0/s1. The van der Waals surface area contributed by atoms with Gasteiger partial charge in [-0.2, -0.15) is 0 Å². The number of para-hydroxylation sites is 1. The fourth-order valence-electron chi connectivity index (χ4n) is 3.01. The van der Waals surface area contributed by atoms with E-state index < -0.39 is 0 Å². The van der Waals surface area contributed by atoms with Gasteiger partial charge in [0, 0.05) is 13.1 Å². The highest BCUT2D eigenvalue weighted by atomic mass is 16.5. The lowest BCUT2D eigenvalue weighted by molar-refractivity contribution is -0.0435. The van der Waals surface area contributed by atoms with E-state index in [1.807, 2.05) is 12.1 Å². The van der Waals surface area contributed by atoms with Crippen molar-refractivity contribution in [1.29, 1.82) is 0 Å². The first-order chi connectivity index (χ1) is 11.4. The second-order valence-electron chi connectivity index (χ2n) is 5.92. The summed E-state index contributed by atoms with van der Waals surface area (Å²) in [6, 6.07) is 18.7. The van der Waals surface area contributed by atoms with Crippen molar-refractivity contribution in [3.8, 4) is 5.75 Å². The Morgan fingerprint density at radius 1 is 1.13 bits per heavy atom. The Hall–Kier alpha value is -1.84. The third-order valence-corrected chi connectivity index (χ3v) is 4.17. The molecule has 0 aliphatic carbocycles. The summed E-state index contributed by atoms with van der Waals surface area (Å²) in [5.74, 6) is 0.970. The van der Waals surface area contributed by atoms with Gasteiger partial charge in [-0.25, -0.2) is 0 Å². The number of rotatable bonds is 6. The zero-order valence-corrected chi connectivity index (χ0v) is 13.7. The predicted molar refractivity (Wildman–Crippen MR) is 92.9 cm³/mol. The highest BCUT2D eigenvalue weighted by Gasteiger charge is 2.28. The van der Waals surface area contributed by atoms with Crippen molar-refractivity contribution in [1.82, 2.24) is 5.32 Å². The molecule has 23 heavy (non-hydrogen) atoms. The number of hydrogen-bond donors (Lipinski definition) is 1. The molecule has 2 atom stereocenters. The van der Waals surface area contributed by atoms with Gasteiger partial charge in [0.05, 0.1) is 6.61 Å². The van der Waals surface area contributed by atoms with Crippen LogP contribution in [0.5, 0.6) is 5.75 Å².